The standard InChI is InChI=1S/C20H19NO4/c1-24-18-10-13-7-8-14(9-16(13)11-19(18)25-2)20(23)21-17-6-4-3-5-15(17)12-22/h3-6,9-12H,7-8H2,1-2H3,(H,21,23). The van der Waals surface area contributed by atoms with Crippen molar-refractivity contribution in [3.63, 3.8) is 0 Å². The summed E-state index contributed by atoms with van der Waals surface area (Å²) in [4.78, 5) is 23.7. The molecule has 0 fully saturated rings. The summed E-state index contributed by atoms with van der Waals surface area (Å²) in [5.41, 5.74) is 3.70. The fourth-order valence-corrected chi connectivity index (χ4v) is 2.91. The van der Waals surface area contributed by atoms with Crippen molar-refractivity contribution in [2.45, 2.75) is 12.8 Å². The van der Waals surface area contributed by atoms with E-state index in [0.717, 1.165) is 23.8 Å². The highest BCUT2D eigenvalue weighted by atomic mass is 16.5. The Morgan fingerprint density at radius 1 is 1.08 bits per heavy atom. The first-order chi connectivity index (χ1) is 12.2. The molecular weight excluding hydrogens is 318 g/mol. The number of benzene rings is 2. The van der Waals surface area contributed by atoms with Gasteiger partial charge in [-0.15, -0.1) is 0 Å². The van der Waals surface area contributed by atoms with Crippen molar-refractivity contribution in [2.24, 2.45) is 0 Å². The number of aryl methyl sites for hydroxylation is 1. The third kappa shape index (κ3) is 3.40. The van der Waals surface area contributed by atoms with Crippen LogP contribution in [-0.4, -0.2) is 26.4 Å². The zero-order valence-electron chi connectivity index (χ0n) is 14.2. The average molecular weight is 337 g/mol. The number of hydrogen-bond donors (Lipinski definition) is 1. The SMILES string of the molecule is COc1cc2c(cc1OC)CCC(C(=O)Nc1ccccc1C=O)=C2. The smallest absolute Gasteiger partial charge is 0.251 e. The summed E-state index contributed by atoms with van der Waals surface area (Å²) < 4.78 is 10.7. The Balaban J connectivity index is 1.88. The number of ether oxygens (including phenoxy) is 2. The predicted molar refractivity (Wildman–Crippen MR) is 96.3 cm³/mol. The van der Waals surface area contributed by atoms with Crippen LogP contribution in [0, 0.1) is 0 Å². The van der Waals surface area contributed by atoms with Gasteiger partial charge in [-0.2, -0.15) is 0 Å². The number of aldehydes is 1. The third-order valence-electron chi connectivity index (χ3n) is 4.27. The Morgan fingerprint density at radius 2 is 1.80 bits per heavy atom. The Hall–Kier alpha value is -3.08. The molecule has 0 aromatic heterocycles. The van der Waals surface area contributed by atoms with Crippen LogP contribution in [0.1, 0.15) is 27.9 Å². The van der Waals surface area contributed by atoms with E-state index in [1.54, 1.807) is 38.5 Å². The van der Waals surface area contributed by atoms with E-state index in [2.05, 4.69) is 5.32 Å². The normalized spacial score (nSPS) is 12.6. The molecule has 2 aromatic carbocycles. The van der Waals surface area contributed by atoms with Gasteiger partial charge in [0.1, 0.15) is 0 Å². The number of rotatable bonds is 5. The number of nitrogens with one attached hydrogen (secondary N) is 1. The second-order valence-electron chi connectivity index (χ2n) is 5.73. The molecule has 1 N–H and O–H groups in total. The van der Waals surface area contributed by atoms with E-state index in [0.29, 0.717) is 34.7 Å². The second kappa shape index (κ2) is 7.21. The van der Waals surface area contributed by atoms with Crippen LogP contribution in [0.15, 0.2) is 42.0 Å². The van der Waals surface area contributed by atoms with E-state index in [1.807, 2.05) is 18.2 Å². The molecule has 0 saturated heterocycles. The molecule has 128 valence electrons. The molecule has 0 radical (unpaired) electrons. The fraction of sp³-hybridized carbons (Fsp3) is 0.200. The highest BCUT2D eigenvalue weighted by Gasteiger charge is 2.19. The van der Waals surface area contributed by atoms with Crippen LogP contribution in [-0.2, 0) is 11.2 Å². The van der Waals surface area contributed by atoms with Gasteiger partial charge in [-0.05, 0) is 54.3 Å². The molecule has 5 nitrogen and oxygen atoms in total. The second-order valence-corrected chi connectivity index (χ2v) is 5.73. The van der Waals surface area contributed by atoms with E-state index in [9.17, 15) is 9.59 Å². The van der Waals surface area contributed by atoms with Gasteiger partial charge in [0.2, 0.25) is 0 Å². The summed E-state index contributed by atoms with van der Waals surface area (Å²) in [5, 5.41) is 2.82. The molecule has 0 bridgehead atoms. The number of para-hydroxylation sites is 1. The minimum atomic E-state index is -0.199. The number of carbonyl (C=O) groups excluding carboxylic acids is 2. The van der Waals surface area contributed by atoms with Gasteiger partial charge in [-0.1, -0.05) is 12.1 Å². The Labute approximate surface area is 146 Å². The molecule has 2 aromatic rings. The highest BCUT2D eigenvalue weighted by molar-refractivity contribution is 6.08. The summed E-state index contributed by atoms with van der Waals surface area (Å²) >= 11 is 0. The number of anilines is 1. The molecule has 25 heavy (non-hydrogen) atoms. The first-order valence-electron chi connectivity index (χ1n) is 7.97. The lowest BCUT2D eigenvalue weighted by Gasteiger charge is -2.19. The molecule has 1 amide bonds. The predicted octanol–water partition coefficient (Wildman–Crippen LogP) is 3.48. The molecule has 3 rings (SSSR count). The summed E-state index contributed by atoms with van der Waals surface area (Å²) in [7, 11) is 3.19. The van der Waals surface area contributed by atoms with Crippen LogP contribution in [0.5, 0.6) is 11.5 Å². The van der Waals surface area contributed by atoms with Crippen molar-refractivity contribution in [2.75, 3.05) is 19.5 Å². The number of carbonyl (C=O) groups is 2. The summed E-state index contributed by atoms with van der Waals surface area (Å²) in [6.45, 7) is 0. The van der Waals surface area contributed by atoms with Crippen molar-refractivity contribution in [1.82, 2.24) is 0 Å². The summed E-state index contributed by atoms with van der Waals surface area (Å²) in [5.74, 6) is 1.11. The van der Waals surface area contributed by atoms with E-state index < -0.39 is 0 Å². The zero-order valence-corrected chi connectivity index (χ0v) is 14.2. The van der Waals surface area contributed by atoms with E-state index in [1.165, 1.54) is 0 Å². The number of hydrogen-bond acceptors (Lipinski definition) is 4. The minimum absolute atomic E-state index is 0.199. The average Bonchev–Trinajstić information content (AvgIpc) is 2.66. The zero-order chi connectivity index (χ0) is 17.8. The minimum Gasteiger partial charge on any atom is -0.493 e. The molecule has 0 saturated carbocycles. The summed E-state index contributed by atoms with van der Waals surface area (Å²) in [6, 6.07) is 10.7. The van der Waals surface area contributed by atoms with Gasteiger partial charge >= 0.3 is 0 Å². The van der Waals surface area contributed by atoms with Crippen molar-refractivity contribution in [3.8, 4) is 11.5 Å². The van der Waals surface area contributed by atoms with Gasteiger partial charge in [0.25, 0.3) is 5.91 Å². The van der Waals surface area contributed by atoms with Crippen LogP contribution in [0.25, 0.3) is 6.08 Å². The topological polar surface area (TPSA) is 64.6 Å². The lowest BCUT2D eigenvalue weighted by atomic mass is 9.91. The monoisotopic (exact) mass is 337 g/mol. The van der Waals surface area contributed by atoms with Crippen LogP contribution >= 0.6 is 0 Å². The largest absolute Gasteiger partial charge is 0.493 e. The molecule has 0 unspecified atom stereocenters. The molecule has 0 atom stereocenters. The number of amides is 1. The maximum atomic E-state index is 12.6. The molecule has 0 aliphatic heterocycles. The third-order valence-corrected chi connectivity index (χ3v) is 4.27. The number of methoxy groups -OCH3 is 2. The molecule has 0 heterocycles. The molecule has 1 aliphatic rings. The van der Waals surface area contributed by atoms with E-state index >= 15 is 0 Å². The number of fused-ring (bicyclic) bond motifs is 1. The summed E-state index contributed by atoms with van der Waals surface area (Å²) in [6.07, 6.45) is 3.96. The van der Waals surface area contributed by atoms with Gasteiger partial charge in [-0.3, -0.25) is 9.59 Å². The van der Waals surface area contributed by atoms with Gasteiger partial charge in [0.05, 0.1) is 19.9 Å². The van der Waals surface area contributed by atoms with Crippen LogP contribution in [0.2, 0.25) is 0 Å². The van der Waals surface area contributed by atoms with Crippen LogP contribution in [0.3, 0.4) is 0 Å². The fourth-order valence-electron chi connectivity index (χ4n) is 2.91. The van der Waals surface area contributed by atoms with Gasteiger partial charge in [-0.25, -0.2) is 0 Å². The maximum Gasteiger partial charge on any atom is 0.251 e. The Bertz CT molecular complexity index is 855. The van der Waals surface area contributed by atoms with Crippen molar-refractivity contribution in [1.29, 1.82) is 0 Å². The van der Waals surface area contributed by atoms with Crippen molar-refractivity contribution < 1.29 is 19.1 Å². The van der Waals surface area contributed by atoms with Crippen molar-refractivity contribution in [3.05, 3.63) is 58.7 Å². The van der Waals surface area contributed by atoms with Crippen LogP contribution < -0.4 is 14.8 Å². The van der Waals surface area contributed by atoms with Crippen molar-refractivity contribution >= 4 is 24.0 Å². The lowest BCUT2D eigenvalue weighted by Crippen LogP contribution is -2.18. The van der Waals surface area contributed by atoms with E-state index in [4.69, 9.17) is 9.47 Å². The molecule has 5 heteroatoms. The Kier molecular flexibility index (Phi) is 4.84. The van der Waals surface area contributed by atoms with Gasteiger partial charge in [0, 0.05) is 11.1 Å². The maximum absolute atomic E-state index is 12.6. The highest BCUT2D eigenvalue weighted by Crippen LogP contribution is 2.35. The first kappa shape index (κ1) is 16.8. The van der Waals surface area contributed by atoms with Gasteiger partial charge in [0.15, 0.2) is 17.8 Å². The van der Waals surface area contributed by atoms with E-state index in [-0.39, 0.29) is 5.91 Å². The molecule has 0 spiro atoms. The molecular formula is C20H19NO4. The lowest BCUT2D eigenvalue weighted by molar-refractivity contribution is -0.112. The Morgan fingerprint density at radius 3 is 2.52 bits per heavy atom. The van der Waals surface area contributed by atoms with Gasteiger partial charge < -0.3 is 14.8 Å². The first-order valence-corrected chi connectivity index (χ1v) is 7.97. The molecule has 1 aliphatic carbocycles. The quantitative estimate of drug-likeness (QED) is 0.848. The van der Waals surface area contributed by atoms with Crippen LogP contribution in [0.4, 0.5) is 5.69 Å².